The number of nitrogens with zero attached hydrogens (tertiary/aromatic N) is 3. The first-order valence-corrected chi connectivity index (χ1v) is 9.36. The van der Waals surface area contributed by atoms with Crippen LogP contribution in [0.2, 0.25) is 0 Å². The van der Waals surface area contributed by atoms with Crippen molar-refractivity contribution in [1.29, 1.82) is 0 Å². The molecule has 0 saturated heterocycles. The first-order valence-electron chi connectivity index (χ1n) is 9.36. The van der Waals surface area contributed by atoms with Crippen molar-refractivity contribution in [2.45, 2.75) is 19.4 Å². The highest BCUT2D eigenvalue weighted by Crippen LogP contribution is 2.31. The van der Waals surface area contributed by atoms with Crippen LogP contribution in [0, 0.1) is 5.92 Å². The lowest BCUT2D eigenvalue weighted by molar-refractivity contribution is 0.300. The Kier molecular flexibility index (Phi) is 4.37. The number of rotatable bonds is 7. The zero-order valence-corrected chi connectivity index (χ0v) is 15.2. The first-order chi connectivity index (χ1) is 13.8. The summed E-state index contributed by atoms with van der Waals surface area (Å²) in [5.41, 5.74) is 2.50. The van der Waals surface area contributed by atoms with Crippen LogP contribution in [-0.4, -0.2) is 21.6 Å². The van der Waals surface area contributed by atoms with E-state index in [1.54, 1.807) is 12.4 Å². The largest absolute Gasteiger partial charge is 0.493 e. The third-order valence-corrected chi connectivity index (χ3v) is 4.61. The van der Waals surface area contributed by atoms with Gasteiger partial charge in [0.15, 0.2) is 11.3 Å². The number of benzene rings is 2. The fourth-order valence-electron chi connectivity index (χ4n) is 2.83. The summed E-state index contributed by atoms with van der Waals surface area (Å²) in [6.45, 7) is 1.23. The molecule has 0 unspecified atom stereocenters. The van der Waals surface area contributed by atoms with Gasteiger partial charge in [0.05, 0.1) is 19.0 Å². The van der Waals surface area contributed by atoms with E-state index >= 15 is 0 Å². The van der Waals surface area contributed by atoms with Gasteiger partial charge < -0.3 is 13.9 Å². The molecule has 2 heterocycles. The highest BCUT2D eigenvalue weighted by Gasteiger charge is 2.22. The Bertz CT molecular complexity index is 1070. The van der Waals surface area contributed by atoms with Crippen molar-refractivity contribution in [1.82, 2.24) is 15.0 Å². The normalized spacial score (nSPS) is 13.6. The van der Waals surface area contributed by atoms with Crippen LogP contribution in [0.4, 0.5) is 0 Å². The zero-order chi connectivity index (χ0) is 18.8. The van der Waals surface area contributed by atoms with Gasteiger partial charge in [0.2, 0.25) is 5.82 Å². The summed E-state index contributed by atoms with van der Waals surface area (Å²) in [5, 5.41) is 0. The second kappa shape index (κ2) is 7.31. The van der Waals surface area contributed by atoms with Gasteiger partial charge in [0.1, 0.15) is 17.9 Å². The Labute approximate surface area is 162 Å². The molecule has 1 aliphatic rings. The van der Waals surface area contributed by atoms with Gasteiger partial charge in [-0.1, -0.05) is 30.3 Å². The molecule has 4 aromatic rings. The van der Waals surface area contributed by atoms with Crippen molar-refractivity contribution in [2.75, 3.05) is 6.61 Å². The summed E-state index contributed by atoms with van der Waals surface area (Å²) in [4.78, 5) is 13.1. The summed E-state index contributed by atoms with van der Waals surface area (Å²) in [7, 11) is 0. The fraction of sp³-hybridized carbons (Fsp3) is 0.227. The second-order valence-corrected chi connectivity index (χ2v) is 6.92. The maximum Gasteiger partial charge on any atom is 0.266 e. The van der Waals surface area contributed by atoms with Crippen molar-refractivity contribution >= 4 is 11.1 Å². The number of ether oxygens (including phenoxy) is 2. The molecule has 1 aliphatic carbocycles. The van der Waals surface area contributed by atoms with Crippen molar-refractivity contribution in [3.63, 3.8) is 0 Å². The molecular formula is C22H19N3O3. The van der Waals surface area contributed by atoms with Gasteiger partial charge in [-0.3, -0.25) is 0 Å². The van der Waals surface area contributed by atoms with Crippen molar-refractivity contribution < 1.29 is 13.9 Å². The number of aromatic nitrogens is 3. The highest BCUT2D eigenvalue weighted by atomic mass is 16.5. The molecule has 1 saturated carbocycles. The molecule has 2 aromatic heterocycles. The molecule has 0 N–H and O–H groups in total. The minimum absolute atomic E-state index is 0.379. The molecule has 0 atom stereocenters. The van der Waals surface area contributed by atoms with Gasteiger partial charge in [-0.2, -0.15) is 0 Å². The minimum Gasteiger partial charge on any atom is -0.493 e. The Morgan fingerprint density at radius 2 is 1.75 bits per heavy atom. The van der Waals surface area contributed by atoms with Crippen LogP contribution in [0.25, 0.3) is 22.8 Å². The van der Waals surface area contributed by atoms with Gasteiger partial charge in [-0.15, -0.1) is 0 Å². The first kappa shape index (κ1) is 16.7. The fourth-order valence-corrected chi connectivity index (χ4v) is 2.83. The van der Waals surface area contributed by atoms with Crippen LogP contribution in [0.1, 0.15) is 18.4 Å². The maximum absolute atomic E-state index is 5.83. The van der Waals surface area contributed by atoms with Gasteiger partial charge >= 0.3 is 0 Å². The molecule has 0 spiro atoms. The predicted molar refractivity (Wildman–Crippen MR) is 104 cm³/mol. The lowest BCUT2D eigenvalue weighted by Crippen LogP contribution is -1.98. The molecule has 0 amide bonds. The summed E-state index contributed by atoms with van der Waals surface area (Å²) in [6, 6.07) is 15.6. The number of fused-ring (bicyclic) bond motifs is 1. The second-order valence-electron chi connectivity index (χ2n) is 6.92. The summed E-state index contributed by atoms with van der Waals surface area (Å²) in [6.07, 6.45) is 5.78. The van der Waals surface area contributed by atoms with Crippen LogP contribution in [0.5, 0.6) is 11.5 Å². The smallest absolute Gasteiger partial charge is 0.266 e. The third-order valence-electron chi connectivity index (χ3n) is 4.61. The number of hydrogen-bond acceptors (Lipinski definition) is 6. The molecule has 6 nitrogen and oxygen atoms in total. The van der Waals surface area contributed by atoms with Crippen LogP contribution in [0.15, 0.2) is 65.3 Å². The molecule has 1 fully saturated rings. The molecule has 6 heteroatoms. The van der Waals surface area contributed by atoms with E-state index in [9.17, 15) is 0 Å². The van der Waals surface area contributed by atoms with Crippen LogP contribution in [0.3, 0.4) is 0 Å². The van der Waals surface area contributed by atoms with E-state index in [4.69, 9.17) is 13.9 Å². The van der Waals surface area contributed by atoms with Gasteiger partial charge in [0.25, 0.3) is 5.89 Å². The molecule has 140 valence electrons. The SMILES string of the molecule is c1ccc(COc2cnc(-c3nc4ccc(OCC5CC5)cc4o3)nc2)cc1. The van der Waals surface area contributed by atoms with Crippen molar-refractivity contribution in [3.8, 4) is 23.2 Å². The van der Waals surface area contributed by atoms with Crippen molar-refractivity contribution in [2.24, 2.45) is 5.92 Å². The molecule has 0 aliphatic heterocycles. The molecular weight excluding hydrogens is 354 g/mol. The Hall–Kier alpha value is -3.41. The van der Waals surface area contributed by atoms with E-state index < -0.39 is 0 Å². The molecule has 0 radical (unpaired) electrons. The Morgan fingerprint density at radius 1 is 0.929 bits per heavy atom. The zero-order valence-electron chi connectivity index (χ0n) is 15.2. The lowest BCUT2D eigenvalue weighted by Gasteiger charge is -2.05. The summed E-state index contributed by atoms with van der Waals surface area (Å²) < 4.78 is 17.3. The standard InChI is InChI=1S/C22H19N3O3/c1-2-4-15(5-3-1)13-27-18-11-23-21(24-12-18)22-25-19-9-8-17(10-20(19)28-22)26-14-16-6-7-16/h1-5,8-12,16H,6-7,13-14H2. The quantitative estimate of drug-likeness (QED) is 0.469. The van der Waals surface area contributed by atoms with Gasteiger partial charge in [0, 0.05) is 6.07 Å². The highest BCUT2D eigenvalue weighted by molar-refractivity contribution is 5.76. The van der Waals surface area contributed by atoms with Crippen LogP contribution in [-0.2, 0) is 6.61 Å². The average molecular weight is 373 g/mol. The van der Waals surface area contributed by atoms with Gasteiger partial charge in [-0.25, -0.2) is 15.0 Å². The summed E-state index contributed by atoms with van der Waals surface area (Å²) in [5.74, 6) is 2.90. The Balaban J connectivity index is 1.28. The van der Waals surface area contributed by atoms with Crippen molar-refractivity contribution in [3.05, 3.63) is 66.5 Å². The topological polar surface area (TPSA) is 70.3 Å². The lowest BCUT2D eigenvalue weighted by atomic mass is 10.2. The van der Waals surface area contributed by atoms with E-state index in [1.807, 2.05) is 48.5 Å². The average Bonchev–Trinajstić information content (AvgIpc) is 3.48. The van der Waals surface area contributed by atoms with Gasteiger partial charge in [-0.05, 0) is 36.5 Å². The molecule has 2 aromatic carbocycles. The molecule has 28 heavy (non-hydrogen) atoms. The predicted octanol–water partition coefficient (Wildman–Crippen LogP) is 4.65. The van der Waals surface area contributed by atoms with Crippen LogP contribution < -0.4 is 9.47 Å². The minimum atomic E-state index is 0.379. The monoisotopic (exact) mass is 373 g/mol. The van der Waals surface area contributed by atoms with E-state index in [2.05, 4.69) is 15.0 Å². The van der Waals surface area contributed by atoms with Crippen LogP contribution >= 0.6 is 0 Å². The number of hydrogen-bond donors (Lipinski definition) is 0. The van der Waals surface area contributed by atoms with E-state index in [0.29, 0.717) is 35.6 Å². The number of oxazole rings is 1. The van der Waals surface area contributed by atoms with E-state index in [1.165, 1.54) is 12.8 Å². The molecule has 5 rings (SSSR count). The van der Waals surface area contributed by atoms with E-state index in [-0.39, 0.29) is 0 Å². The Morgan fingerprint density at radius 3 is 2.54 bits per heavy atom. The maximum atomic E-state index is 5.83. The van der Waals surface area contributed by atoms with E-state index in [0.717, 1.165) is 23.4 Å². The summed E-state index contributed by atoms with van der Waals surface area (Å²) >= 11 is 0. The third kappa shape index (κ3) is 3.81. The molecule has 0 bridgehead atoms.